The molecule has 0 saturated heterocycles. The molecule has 0 spiro atoms. The van der Waals surface area contributed by atoms with Gasteiger partial charge in [0.25, 0.3) is 0 Å². The van der Waals surface area contributed by atoms with E-state index < -0.39 is 4.92 Å². The molecular formula is C14H23N3O3. The summed E-state index contributed by atoms with van der Waals surface area (Å²) in [6.45, 7) is 5.92. The van der Waals surface area contributed by atoms with E-state index in [1.165, 1.54) is 6.07 Å². The maximum atomic E-state index is 11.0. The molecule has 0 aliphatic heterocycles. The van der Waals surface area contributed by atoms with Gasteiger partial charge < -0.3 is 15.0 Å². The van der Waals surface area contributed by atoms with E-state index in [2.05, 4.69) is 19.2 Å². The van der Waals surface area contributed by atoms with Crippen LogP contribution in [0.15, 0.2) is 18.2 Å². The van der Waals surface area contributed by atoms with Crippen molar-refractivity contribution in [2.45, 2.75) is 26.4 Å². The molecule has 20 heavy (non-hydrogen) atoms. The van der Waals surface area contributed by atoms with E-state index in [-0.39, 0.29) is 5.69 Å². The van der Waals surface area contributed by atoms with Gasteiger partial charge in [0.15, 0.2) is 5.75 Å². The van der Waals surface area contributed by atoms with Gasteiger partial charge in [-0.25, -0.2) is 0 Å². The molecular weight excluding hydrogens is 258 g/mol. The molecule has 0 fully saturated rings. The summed E-state index contributed by atoms with van der Waals surface area (Å²) in [5.74, 6) is 0.333. The first-order chi connectivity index (χ1) is 9.40. The van der Waals surface area contributed by atoms with Crippen LogP contribution in [-0.4, -0.2) is 43.1 Å². The first-order valence-electron chi connectivity index (χ1n) is 6.68. The molecule has 0 aliphatic rings. The minimum absolute atomic E-state index is 0.0112. The lowest BCUT2D eigenvalue weighted by Gasteiger charge is -2.13. The first kappa shape index (κ1) is 16.4. The van der Waals surface area contributed by atoms with Crippen LogP contribution in [0, 0.1) is 10.1 Å². The van der Waals surface area contributed by atoms with Gasteiger partial charge in [0, 0.05) is 25.2 Å². The van der Waals surface area contributed by atoms with E-state index in [1.54, 1.807) is 12.1 Å². The van der Waals surface area contributed by atoms with E-state index in [9.17, 15) is 10.1 Å². The van der Waals surface area contributed by atoms with Crippen LogP contribution in [0.1, 0.15) is 19.4 Å². The highest BCUT2D eigenvalue weighted by molar-refractivity contribution is 5.48. The van der Waals surface area contributed by atoms with Gasteiger partial charge in [0.1, 0.15) is 6.61 Å². The highest BCUT2D eigenvalue weighted by Crippen LogP contribution is 2.28. The van der Waals surface area contributed by atoms with Crippen molar-refractivity contribution in [3.05, 3.63) is 33.9 Å². The number of nitro benzene ring substituents is 1. The number of hydrogen-bond acceptors (Lipinski definition) is 5. The monoisotopic (exact) mass is 281 g/mol. The van der Waals surface area contributed by atoms with Crippen molar-refractivity contribution in [3.63, 3.8) is 0 Å². The Kier molecular flexibility index (Phi) is 6.41. The summed E-state index contributed by atoms with van der Waals surface area (Å²) in [6.07, 6.45) is 0. The Balaban J connectivity index is 2.79. The number of ether oxygens (including phenoxy) is 1. The Labute approximate surface area is 119 Å². The van der Waals surface area contributed by atoms with Gasteiger partial charge in [-0.2, -0.15) is 0 Å². The van der Waals surface area contributed by atoms with Crippen molar-refractivity contribution in [3.8, 4) is 5.75 Å². The third-order valence-electron chi connectivity index (χ3n) is 2.73. The molecule has 0 aromatic heterocycles. The molecule has 0 saturated carbocycles. The molecule has 6 heteroatoms. The zero-order valence-electron chi connectivity index (χ0n) is 12.5. The number of nitro groups is 1. The van der Waals surface area contributed by atoms with E-state index in [0.29, 0.717) is 31.5 Å². The maximum Gasteiger partial charge on any atom is 0.310 e. The van der Waals surface area contributed by atoms with Crippen LogP contribution in [0.2, 0.25) is 0 Å². The summed E-state index contributed by atoms with van der Waals surface area (Å²) in [6, 6.07) is 5.36. The Morgan fingerprint density at radius 1 is 1.40 bits per heavy atom. The summed E-state index contributed by atoms with van der Waals surface area (Å²) in [5, 5.41) is 14.3. The number of benzene rings is 1. The molecule has 1 aromatic carbocycles. The topological polar surface area (TPSA) is 67.6 Å². The lowest BCUT2D eigenvalue weighted by Crippen LogP contribution is -2.22. The second kappa shape index (κ2) is 7.81. The van der Waals surface area contributed by atoms with Crippen LogP contribution in [0.25, 0.3) is 0 Å². The van der Waals surface area contributed by atoms with Crippen LogP contribution >= 0.6 is 0 Å². The average Bonchev–Trinajstić information content (AvgIpc) is 2.35. The highest BCUT2D eigenvalue weighted by Gasteiger charge is 2.15. The van der Waals surface area contributed by atoms with Gasteiger partial charge in [0.05, 0.1) is 4.92 Å². The quantitative estimate of drug-likeness (QED) is 0.583. The lowest BCUT2D eigenvalue weighted by atomic mass is 10.2. The SMILES string of the molecule is CC(C)NCc1ccc([N+](=O)[O-])c(OCCN(C)C)c1. The second-order valence-electron chi connectivity index (χ2n) is 5.25. The van der Waals surface area contributed by atoms with Crippen LogP contribution in [0.4, 0.5) is 5.69 Å². The fraction of sp³-hybridized carbons (Fsp3) is 0.571. The molecule has 0 atom stereocenters. The van der Waals surface area contributed by atoms with E-state index in [1.807, 2.05) is 19.0 Å². The van der Waals surface area contributed by atoms with E-state index >= 15 is 0 Å². The number of rotatable bonds is 8. The Morgan fingerprint density at radius 3 is 2.65 bits per heavy atom. The van der Waals surface area contributed by atoms with Crippen LogP contribution < -0.4 is 10.1 Å². The van der Waals surface area contributed by atoms with Crippen LogP contribution in [0.5, 0.6) is 5.75 Å². The number of nitrogens with zero attached hydrogens (tertiary/aromatic N) is 2. The minimum Gasteiger partial charge on any atom is -0.485 e. The van der Waals surface area contributed by atoms with Crippen LogP contribution in [-0.2, 0) is 6.54 Å². The summed E-state index contributed by atoms with van der Waals surface area (Å²) in [5.41, 5.74) is 0.987. The van der Waals surface area contributed by atoms with Crippen molar-refractivity contribution in [2.24, 2.45) is 0 Å². The van der Waals surface area contributed by atoms with Crippen molar-refractivity contribution >= 4 is 5.69 Å². The Bertz CT molecular complexity index is 447. The predicted molar refractivity (Wildman–Crippen MR) is 79.1 cm³/mol. The summed E-state index contributed by atoms with van der Waals surface area (Å²) in [7, 11) is 3.86. The summed E-state index contributed by atoms with van der Waals surface area (Å²) < 4.78 is 5.55. The number of nitrogens with one attached hydrogen (secondary N) is 1. The predicted octanol–water partition coefficient (Wildman–Crippen LogP) is 2.03. The first-order valence-corrected chi connectivity index (χ1v) is 6.68. The standard InChI is InChI=1S/C14H23N3O3/c1-11(2)15-10-12-5-6-13(17(18)19)14(9-12)20-8-7-16(3)4/h5-6,9,11,15H,7-8,10H2,1-4H3. The molecule has 112 valence electrons. The zero-order chi connectivity index (χ0) is 15.1. The molecule has 1 aromatic rings. The van der Waals surface area contributed by atoms with Gasteiger partial charge in [-0.3, -0.25) is 10.1 Å². The average molecular weight is 281 g/mol. The number of hydrogen-bond donors (Lipinski definition) is 1. The lowest BCUT2D eigenvalue weighted by molar-refractivity contribution is -0.385. The molecule has 1 rings (SSSR count). The molecule has 6 nitrogen and oxygen atoms in total. The van der Waals surface area contributed by atoms with Gasteiger partial charge in [-0.05, 0) is 25.7 Å². The molecule has 0 unspecified atom stereocenters. The molecule has 0 aliphatic carbocycles. The van der Waals surface area contributed by atoms with Crippen molar-refractivity contribution in [1.82, 2.24) is 10.2 Å². The molecule has 0 amide bonds. The fourth-order valence-electron chi connectivity index (χ4n) is 1.60. The number of likely N-dealkylation sites (N-methyl/N-ethyl adjacent to an activating group) is 1. The van der Waals surface area contributed by atoms with Crippen molar-refractivity contribution in [1.29, 1.82) is 0 Å². The largest absolute Gasteiger partial charge is 0.485 e. The third kappa shape index (κ3) is 5.54. The van der Waals surface area contributed by atoms with Crippen molar-refractivity contribution in [2.75, 3.05) is 27.2 Å². The Morgan fingerprint density at radius 2 is 2.10 bits per heavy atom. The van der Waals surface area contributed by atoms with Crippen LogP contribution in [0.3, 0.4) is 0 Å². The molecule has 1 N–H and O–H groups in total. The van der Waals surface area contributed by atoms with Gasteiger partial charge in [-0.1, -0.05) is 19.9 Å². The fourth-order valence-corrected chi connectivity index (χ4v) is 1.60. The van der Waals surface area contributed by atoms with Gasteiger partial charge in [0.2, 0.25) is 0 Å². The third-order valence-corrected chi connectivity index (χ3v) is 2.73. The van der Waals surface area contributed by atoms with Gasteiger partial charge in [-0.15, -0.1) is 0 Å². The van der Waals surface area contributed by atoms with E-state index in [4.69, 9.17) is 4.74 Å². The second-order valence-corrected chi connectivity index (χ2v) is 5.25. The minimum atomic E-state index is -0.412. The van der Waals surface area contributed by atoms with Gasteiger partial charge >= 0.3 is 5.69 Å². The molecule has 0 heterocycles. The van der Waals surface area contributed by atoms with Crippen molar-refractivity contribution < 1.29 is 9.66 Å². The normalized spacial score (nSPS) is 11.1. The highest BCUT2D eigenvalue weighted by atomic mass is 16.6. The molecule has 0 bridgehead atoms. The van der Waals surface area contributed by atoms with E-state index in [0.717, 1.165) is 5.56 Å². The zero-order valence-corrected chi connectivity index (χ0v) is 12.5. The Hall–Kier alpha value is -1.66. The summed E-state index contributed by atoms with van der Waals surface area (Å²) in [4.78, 5) is 12.6. The summed E-state index contributed by atoms with van der Waals surface area (Å²) >= 11 is 0. The smallest absolute Gasteiger partial charge is 0.310 e. The molecule has 0 radical (unpaired) electrons. The maximum absolute atomic E-state index is 11.0.